The first-order chi connectivity index (χ1) is 17.5. The average Bonchev–Trinajstić information content (AvgIpc) is 3.11. The molecule has 0 spiro atoms. The molecule has 1 fully saturated rings. The molecule has 0 aliphatic carbocycles. The van der Waals surface area contributed by atoms with Crippen LogP contribution in [0.25, 0.3) is 0 Å². The molecule has 1 aromatic heterocycles. The van der Waals surface area contributed by atoms with Crippen molar-refractivity contribution in [3.8, 4) is 0 Å². The van der Waals surface area contributed by atoms with Crippen LogP contribution in [-0.2, 0) is 22.3 Å². The summed E-state index contributed by atoms with van der Waals surface area (Å²) in [6, 6.07) is 14.2. The molecule has 2 amide bonds. The second-order valence-corrected chi connectivity index (χ2v) is 10.1. The van der Waals surface area contributed by atoms with Gasteiger partial charge in [-0.3, -0.25) is 19.5 Å². The van der Waals surface area contributed by atoms with Crippen LogP contribution in [0.3, 0.4) is 0 Å². The van der Waals surface area contributed by atoms with E-state index in [2.05, 4.69) is 10.3 Å². The standard InChI is InChI=1S/C26H22ClF3N4O2S/c1-15-6-9-21(16(2)11-15)33-25-34(14-18-5-3-4-10-31-18)24(36)22(37-25)13-23(35)32-17-7-8-20(27)19(12-17)26(28,29)30/h3-12,22H,13-14H2,1-2H3,(H,32,35)/t22-/m0/s1. The number of carbonyl (C=O) groups excluding carboxylic acids is 2. The van der Waals surface area contributed by atoms with Crippen molar-refractivity contribution >= 4 is 51.7 Å². The van der Waals surface area contributed by atoms with Gasteiger partial charge in [-0.05, 0) is 55.8 Å². The first-order valence-electron chi connectivity index (χ1n) is 11.2. The molecule has 0 unspecified atom stereocenters. The second-order valence-electron chi connectivity index (χ2n) is 8.48. The topological polar surface area (TPSA) is 74.7 Å². The third-order valence-electron chi connectivity index (χ3n) is 5.56. The highest BCUT2D eigenvalue weighted by Gasteiger charge is 2.40. The largest absolute Gasteiger partial charge is 0.417 e. The fourth-order valence-corrected chi connectivity index (χ4v) is 5.13. The van der Waals surface area contributed by atoms with Gasteiger partial charge >= 0.3 is 6.18 Å². The maximum absolute atomic E-state index is 13.3. The number of halogens is 4. The quantitative estimate of drug-likeness (QED) is 0.381. The Kier molecular flexibility index (Phi) is 7.89. The number of pyridine rings is 1. The monoisotopic (exact) mass is 546 g/mol. The number of rotatable bonds is 6. The van der Waals surface area contributed by atoms with E-state index in [4.69, 9.17) is 16.6 Å². The van der Waals surface area contributed by atoms with Crippen LogP contribution in [0.4, 0.5) is 24.5 Å². The zero-order valence-electron chi connectivity index (χ0n) is 19.8. The number of anilines is 1. The molecule has 1 aliphatic rings. The van der Waals surface area contributed by atoms with Crippen LogP contribution in [0.2, 0.25) is 5.02 Å². The Morgan fingerprint density at radius 2 is 1.95 bits per heavy atom. The Labute approximate surface area is 220 Å². The molecule has 0 saturated carbocycles. The van der Waals surface area contributed by atoms with Crippen molar-refractivity contribution in [2.45, 2.75) is 38.2 Å². The van der Waals surface area contributed by atoms with E-state index in [1.165, 1.54) is 11.0 Å². The van der Waals surface area contributed by atoms with Crippen LogP contribution in [0.1, 0.15) is 28.8 Å². The van der Waals surface area contributed by atoms with Crippen molar-refractivity contribution in [1.29, 1.82) is 0 Å². The maximum Gasteiger partial charge on any atom is 0.417 e. The number of amides is 2. The van der Waals surface area contributed by atoms with Gasteiger partial charge in [0.25, 0.3) is 0 Å². The van der Waals surface area contributed by atoms with Crippen LogP contribution < -0.4 is 5.32 Å². The minimum atomic E-state index is -4.67. The molecule has 3 aromatic rings. The Balaban J connectivity index is 1.56. The fraction of sp³-hybridized carbons (Fsp3) is 0.231. The second kappa shape index (κ2) is 10.9. The lowest BCUT2D eigenvalue weighted by molar-refractivity contribution is -0.137. The van der Waals surface area contributed by atoms with E-state index < -0.39 is 27.9 Å². The minimum absolute atomic E-state index is 0.0633. The molecule has 4 rings (SSSR count). The van der Waals surface area contributed by atoms with Gasteiger partial charge in [0.15, 0.2) is 5.17 Å². The summed E-state index contributed by atoms with van der Waals surface area (Å²) in [5.41, 5.74) is 2.23. The summed E-state index contributed by atoms with van der Waals surface area (Å²) < 4.78 is 39.5. The number of nitrogens with zero attached hydrogens (tertiary/aromatic N) is 3. The van der Waals surface area contributed by atoms with E-state index in [0.29, 0.717) is 16.5 Å². The summed E-state index contributed by atoms with van der Waals surface area (Å²) in [5, 5.41) is 1.59. The zero-order valence-corrected chi connectivity index (χ0v) is 21.4. The number of hydrogen-bond donors (Lipinski definition) is 1. The lowest BCUT2D eigenvalue weighted by atomic mass is 10.1. The lowest BCUT2D eigenvalue weighted by Crippen LogP contribution is -2.33. The van der Waals surface area contributed by atoms with E-state index in [0.717, 1.165) is 35.0 Å². The number of nitrogens with one attached hydrogen (secondary N) is 1. The molecular weight excluding hydrogens is 525 g/mol. The number of alkyl halides is 3. The number of carbonyl (C=O) groups is 2. The fourth-order valence-electron chi connectivity index (χ4n) is 3.76. The van der Waals surface area contributed by atoms with Crippen LogP contribution >= 0.6 is 23.4 Å². The van der Waals surface area contributed by atoms with E-state index in [1.54, 1.807) is 18.3 Å². The number of aryl methyl sites for hydroxylation is 2. The van der Waals surface area contributed by atoms with Crippen LogP contribution in [0.5, 0.6) is 0 Å². The van der Waals surface area contributed by atoms with Gasteiger partial charge < -0.3 is 5.32 Å². The SMILES string of the molecule is Cc1ccc(N=C2S[C@@H](CC(=O)Nc3ccc(Cl)c(C(F)(F)F)c3)C(=O)N2Cc2ccccn2)c(C)c1. The highest BCUT2D eigenvalue weighted by Crippen LogP contribution is 2.37. The van der Waals surface area contributed by atoms with Gasteiger partial charge in [0, 0.05) is 18.3 Å². The zero-order chi connectivity index (χ0) is 26.7. The predicted molar refractivity (Wildman–Crippen MR) is 139 cm³/mol. The summed E-state index contributed by atoms with van der Waals surface area (Å²) in [7, 11) is 0. The van der Waals surface area contributed by atoms with Crippen molar-refractivity contribution in [2.75, 3.05) is 5.32 Å². The molecule has 2 heterocycles. The smallest absolute Gasteiger partial charge is 0.326 e. The molecule has 0 radical (unpaired) electrons. The summed E-state index contributed by atoms with van der Waals surface area (Å²) in [6.07, 6.45) is -3.30. The summed E-state index contributed by atoms with van der Waals surface area (Å²) in [5.74, 6) is -0.937. The highest BCUT2D eigenvalue weighted by atomic mass is 35.5. The van der Waals surface area contributed by atoms with Gasteiger partial charge in [-0.2, -0.15) is 13.2 Å². The number of hydrogen-bond acceptors (Lipinski definition) is 5. The molecule has 192 valence electrons. The van der Waals surface area contributed by atoms with Crippen LogP contribution in [0, 0.1) is 13.8 Å². The third kappa shape index (κ3) is 6.50. The molecular formula is C26H22ClF3N4O2S. The molecule has 11 heteroatoms. The van der Waals surface area contributed by atoms with Crippen molar-refractivity contribution in [3.63, 3.8) is 0 Å². The summed E-state index contributed by atoms with van der Waals surface area (Å²) >= 11 is 6.79. The molecule has 1 N–H and O–H groups in total. The van der Waals surface area contributed by atoms with Gasteiger partial charge in [0.2, 0.25) is 11.8 Å². The Bertz CT molecular complexity index is 1370. The molecule has 1 aliphatic heterocycles. The number of amidine groups is 1. The molecule has 1 saturated heterocycles. The van der Waals surface area contributed by atoms with Gasteiger partial charge in [-0.15, -0.1) is 0 Å². The van der Waals surface area contributed by atoms with Gasteiger partial charge in [-0.25, -0.2) is 4.99 Å². The van der Waals surface area contributed by atoms with Gasteiger partial charge in [0.05, 0.1) is 28.5 Å². The van der Waals surface area contributed by atoms with Gasteiger partial charge in [0.1, 0.15) is 5.25 Å². The van der Waals surface area contributed by atoms with Crippen LogP contribution in [0.15, 0.2) is 65.8 Å². The van der Waals surface area contributed by atoms with Crippen molar-refractivity contribution in [3.05, 3.63) is 88.2 Å². The Hall–Kier alpha value is -3.37. The van der Waals surface area contributed by atoms with E-state index >= 15 is 0 Å². The van der Waals surface area contributed by atoms with E-state index in [9.17, 15) is 22.8 Å². The molecule has 6 nitrogen and oxygen atoms in total. The summed E-state index contributed by atoms with van der Waals surface area (Å²) in [4.78, 5) is 36.5. The van der Waals surface area contributed by atoms with Crippen molar-refractivity contribution < 1.29 is 22.8 Å². The van der Waals surface area contributed by atoms with E-state index in [-0.39, 0.29) is 24.6 Å². The van der Waals surface area contributed by atoms with E-state index in [1.807, 2.05) is 38.1 Å². The normalized spacial score (nSPS) is 16.9. The Morgan fingerprint density at radius 3 is 2.62 bits per heavy atom. The average molecular weight is 547 g/mol. The number of aliphatic imine (C=N–C) groups is 1. The summed E-state index contributed by atoms with van der Waals surface area (Å²) in [6.45, 7) is 4.06. The molecule has 37 heavy (non-hydrogen) atoms. The van der Waals surface area contributed by atoms with Crippen molar-refractivity contribution in [2.24, 2.45) is 4.99 Å². The third-order valence-corrected chi connectivity index (χ3v) is 7.07. The first kappa shape index (κ1) is 26.7. The molecule has 0 bridgehead atoms. The van der Waals surface area contributed by atoms with Gasteiger partial charge in [-0.1, -0.05) is 47.1 Å². The van der Waals surface area contributed by atoms with Crippen LogP contribution in [-0.4, -0.2) is 32.1 Å². The molecule has 1 atom stereocenters. The Morgan fingerprint density at radius 1 is 1.16 bits per heavy atom. The van der Waals surface area contributed by atoms with Crippen molar-refractivity contribution in [1.82, 2.24) is 9.88 Å². The number of benzene rings is 2. The lowest BCUT2D eigenvalue weighted by Gasteiger charge is -2.16. The highest BCUT2D eigenvalue weighted by molar-refractivity contribution is 8.15. The molecule has 2 aromatic carbocycles. The first-order valence-corrected chi connectivity index (χ1v) is 12.5. The maximum atomic E-state index is 13.3. The number of thioether (sulfide) groups is 1. The minimum Gasteiger partial charge on any atom is -0.326 e. The number of aromatic nitrogens is 1. The predicted octanol–water partition coefficient (Wildman–Crippen LogP) is 6.53.